The summed E-state index contributed by atoms with van der Waals surface area (Å²) < 4.78 is 0. The summed E-state index contributed by atoms with van der Waals surface area (Å²) >= 11 is 1.81. The zero-order valence-corrected chi connectivity index (χ0v) is 18.0. The largest absolute Gasteiger partial charge is 0.363 e. The van der Waals surface area contributed by atoms with E-state index in [1.807, 2.05) is 11.8 Å². The Morgan fingerprint density at radius 1 is 1.11 bits per heavy atom. The second-order valence-electron chi connectivity index (χ2n) is 7.74. The van der Waals surface area contributed by atoms with Gasteiger partial charge >= 0.3 is 0 Å². The monoisotopic (exact) mass is 389 g/mol. The van der Waals surface area contributed by atoms with Crippen molar-refractivity contribution in [3.05, 3.63) is 35.5 Å². The zero-order valence-electron chi connectivity index (χ0n) is 17.2. The van der Waals surface area contributed by atoms with E-state index in [9.17, 15) is 0 Å². The Labute approximate surface area is 171 Å². The molecule has 0 saturated heterocycles. The van der Waals surface area contributed by atoms with E-state index in [2.05, 4.69) is 41.5 Å². The first-order valence-electron chi connectivity index (χ1n) is 11.0. The van der Waals surface area contributed by atoms with Crippen LogP contribution >= 0.6 is 11.8 Å². The minimum Gasteiger partial charge on any atom is -0.363 e. The molecule has 4 heteroatoms. The molecule has 0 radical (unpaired) electrons. The van der Waals surface area contributed by atoms with Gasteiger partial charge in [-0.05, 0) is 44.1 Å². The number of aliphatic imine (C=N–C) groups is 1. The van der Waals surface area contributed by atoms with Gasteiger partial charge in [0.25, 0.3) is 0 Å². The van der Waals surface area contributed by atoms with E-state index in [1.54, 1.807) is 5.57 Å². The van der Waals surface area contributed by atoms with E-state index in [4.69, 9.17) is 5.73 Å². The minimum atomic E-state index is 0.281. The van der Waals surface area contributed by atoms with Crippen molar-refractivity contribution in [1.82, 2.24) is 5.32 Å². The van der Waals surface area contributed by atoms with Gasteiger partial charge in [-0.25, -0.2) is 0 Å². The number of nitrogens with two attached hydrogens (primary N) is 1. The number of allylic oxidation sites excluding steroid dienone is 6. The van der Waals surface area contributed by atoms with Gasteiger partial charge in [-0.15, -0.1) is 0 Å². The lowest BCUT2D eigenvalue weighted by atomic mass is 10.0. The summed E-state index contributed by atoms with van der Waals surface area (Å²) in [4.78, 5) is 4.41. The van der Waals surface area contributed by atoms with Gasteiger partial charge in [0.15, 0.2) is 5.17 Å². The standard InChI is InChI=1S/C23H39N3S/c1-2-3-4-5-6-7-9-20-10-8-11-21(13-12-20)14-15-22(24)16-19-27-23-25-17-18-26-23/h8,11-13,22H,2-7,9-10,14-19,24H2,1H3,(H,25,26). The Kier molecular flexibility index (Phi) is 11.6. The van der Waals surface area contributed by atoms with Crippen molar-refractivity contribution in [3.63, 3.8) is 0 Å². The van der Waals surface area contributed by atoms with Crippen LogP contribution in [0.4, 0.5) is 0 Å². The number of unbranched alkanes of at least 4 members (excludes halogenated alkanes) is 5. The summed E-state index contributed by atoms with van der Waals surface area (Å²) in [7, 11) is 0. The summed E-state index contributed by atoms with van der Waals surface area (Å²) in [5.74, 6) is 1.06. The zero-order chi connectivity index (χ0) is 19.2. The van der Waals surface area contributed by atoms with Crippen LogP contribution in [-0.2, 0) is 0 Å². The molecule has 0 aromatic rings. The van der Waals surface area contributed by atoms with Crippen LogP contribution in [-0.4, -0.2) is 30.1 Å². The van der Waals surface area contributed by atoms with E-state index in [0.717, 1.165) is 49.7 Å². The molecule has 27 heavy (non-hydrogen) atoms. The van der Waals surface area contributed by atoms with Gasteiger partial charge in [-0.2, -0.15) is 0 Å². The van der Waals surface area contributed by atoms with Crippen LogP contribution < -0.4 is 11.1 Å². The molecule has 2 rings (SSSR count). The van der Waals surface area contributed by atoms with Crippen LogP contribution in [0.15, 0.2) is 40.4 Å². The molecule has 0 aromatic carbocycles. The molecule has 3 N–H and O–H groups in total. The van der Waals surface area contributed by atoms with Gasteiger partial charge in [-0.3, -0.25) is 4.99 Å². The third-order valence-corrected chi connectivity index (χ3v) is 6.26. The predicted octanol–water partition coefficient (Wildman–Crippen LogP) is 5.74. The van der Waals surface area contributed by atoms with Crippen molar-refractivity contribution >= 4 is 16.9 Å². The van der Waals surface area contributed by atoms with Crippen molar-refractivity contribution in [2.24, 2.45) is 10.7 Å². The van der Waals surface area contributed by atoms with Crippen molar-refractivity contribution in [2.75, 3.05) is 18.8 Å². The quantitative estimate of drug-likeness (QED) is 0.395. The van der Waals surface area contributed by atoms with Gasteiger partial charge in [-0.1, -0.05) is 80.7 Å². The van der Waals surface area contributed by atoms with Gasteiger partial charge in [0.2, 0.25) is 0 Å². The minimum absolute atomic E-state index is 0.281. The molecule has 1 aliphatic carbocycles. The van der Waals surface area contributed by atoms with E-state index >= 15 is 0 Å². The predicted molar refractivity (Wildman–Crippen MR) is 123 cm³/mol. The molecule has 3 nitrogen and oxygen atoms in total. The number of hydrogen-bond donors (Lipinski definition) is 2. The Morgan fingerprint density at radius 3 is 2.78 bits per heavy atom. The molecule has 0 saturated carbocycles. The van der Waals surface area contributed by atoms with Crippen LogP contribution in [0.2, 0.25) is 0 Å². The smallest absolute Gasteiger partial charge is 0.156 e. The highest BCUT2D eigenvalue weighted by atomic mass is 32.2. The van der Waals surface area contributed by atoms with E-state index in [1.165, 1.54) is 50.5 Å². The second kappa shape index (κ2) is 14.1. The summed E-state index contributed by atoms with van der Waals surface area (Å²) in [5.41, 5.74) is 9.33. The average Bonchev–Trinajstić information content (AvgIpc) is 3.08. The number of amidine groups is 1. The Bertz CT molecular complexity index is 534. The first-order chi connectivity index (χ1) is 13.3. The molecule has 1 heterocycles. The van der Waals surface area contributed by atoms with E-state index < -0.39 is 0 Å². The molecular formula is C23H39N3S. The Hall–Kier alpha value is -1.00. The van der Waals surface area contributed by atoms with Crippen LogP contribution in [0.3, 0.4) is 0 Å². The van der Waals surface area contributed by atoms with Gasteiger partial charge in [0.05, 0.1) is 6.54 Å². The van der Waals surface area contributed by atoms with E-state index in [0.29, 0.717) is 0 Å². The highest BCUT2D eigenvalue weighted by Gasteiger charge is 2.08. The average molecular weight is 390 g/mol. The highest BCUT2D eigenvalue weighted by Crippen LogP contribution is 2.21. The third-order valence-electron chi connectivity index (χ3n) is 5.27. The number of rotatable bonds is 13. The molecule has 2 aliphatic rings. The lowest BCUT2D eigenvalue weighted by Crippen LogP contribution is -2.22. The number of nitrogens with zero attached hydrogens (tertiary/aromatic N) is 1. The van der Waals surface area contributed by atoms with Crippen LogP contribution in [0.25, 0.3) is 0 Å². The van der Waals surface area contributed by atoms with Crippen molar-refractivity contribution in [2.45, 2.75) is 83.6 Å². The summed E-state index contributed by atoms with van der Waals surface area (Å²) in [5, 5.41) is 4.40. The van der Waals surface area contributed by atoms with Crippen molar-refractivity contribution < 1.29 is 0 Å². The topological polar surface area (TPSA) is 50.4 Å². The Balaban J connectivity index is 1.59. The summed E-state index contributed by atoms with van der Waals surface area (Å²) in [6.45, 7) is 4.19. The van der Waals surface area contributed by atoms with Crippen LogP contribution in [0.1, 0.15) is 77.6 Å². The third kappa shape index (κ3) is 10.2. The molecule has 0 aromatic heterocycles. The molecule has 152 valence electrons. The SMILES string of the molecule is CCCCCCCCC1=CC=C(CCC(N)CCSC2=NCCN2)C=CC1. The molecule has 1 atom stereocenters. The summed E-state index contributed by atoms with van der Waals surface area (Å²) in [6, 6.07) is 0.281. The Morgan fingerprint density at radius 2 is 1.96 bits per heavy atom. The van der Waals surface area contributed by atoms with Crippen molar-refractivity contribution in [3.8, 4) is 0 Å². The fraction of sp³-hybridized carbons (Fsp3) is 0.696. The fourth-order valence-electron chi connectivity index (χ4n) is 3.47. The molecular weight excluding hydrogens is 350 g/mol. The maximum absolute atomic E-state index is 6.32. The normalized spacial score (nSPS) is 17.8. The number of hydrogen-bond acceptors (Lipinski definition) is 4. The fourth-order valence-corrected chi connectivity index (χ4v) is 4.47. The molecule has 0 spiro atoms. The molecule has 0 fully saturated rings. The molecule has 0 bridgehead atoms. The van der Waals surface area contributed by atoms with Gasteiger partial charge < -0.3 is 11.1 Å². The number of nitrogens with one attached hydrogen (secondary N) is 1. The van der Waals surface area contributed by atoms with Gasteiger partial charge in [0, 0.05) is 18.3 Å². The molecule has 0 amide bonds. The molecule has 1 unspecified atom stereocenters. The second-order valence-corrected chi connectivity index (χ2v) is 8.82. The van der Waals surface area contributed by atoms with E-state index in [-0.39, 0.29) is 6.04 Å². The van der Waals surface area contributed by atoms with Crippen molar-refractivity contribution in [1.29, 1.82) is 0 Å². The van der Waals surface area contributed by atoms with Gasteiger partial charge in [0.1, 0.15) is 0 Å². The number of thioether (sulfide) groups is 1. The maximum Gasteiger partial charge on any atom is 0.156 e. The first kappa shape index (κ1) is 22.3. The van der Waals surface area contributed by atoms with Crippen LogP contribution in [0.5, 0.6) is 0 Å². The maximum atomic E-state index is 6.32. The van der Waals surface area contributed by atoms with Crippen LogP contribution in [0, 0.1) is 0 Å². The molecule has 1 aliphatic heterocycles. The summed E-state index contributed by atoms with van der Waals surface area (Å²) in [6.07, 6.45) is 23.2. The highest BCUT2D eigenvalue weighted by molar-refractivity contribution is 8.13. The lowest BCUT2D eigenvalue weighted by Gasteiger charge is -2.11. The lowest BCUT2D eigenvalue weighted by molar-refractivity contribution is 0.601. The first-order valence-corrected chi connectivity index (χ1v) is 12.0.